The van der Waals surface area contributed by atoms with Crippen molar-refractivity contribution in [1.82, 2.24) is 0 Å². The van der Waals surface area contributed by atoms with Crippen molar-refractivity contribution in [3.05, 3.63) is 29.3 Å². The maximum atomic E-state index is 4.72. The van der Waals surface area contributed by atoms with Crippen LogP contribution in [-0.4, -0.2) is 4.38 Å². The van der Waals surface area contributed by atoms with E-state index in [1.165, 1.54) is 5.56 Å². The van der Waals surface area contributed by atoms with E-state index in [4.69, 9.17) is 25.3 Å². The molecule has 0 saturated carbocycles. The highest BCUT2D eigenvalue weighted by molar-refractivity contribution is 8.05. The maximum absolute atomic E-state index is 4.72. The summed E-state index contributed by atoms with van der Waals surface area (Å²) in [6, 6.07) is 6.00. The van der Waals surface area contributed by atoms with Crippen molar-refractivity contribution < 1.29 is 0 Å². The molecule has 0 aliphatic rings. The molecule has 0 radical (unpaired) electrons. The normalized spacial score (nSPS) is 9.50. The van der Waals surface area contributed by atoms with E-state index in [0.29, 0.717) is 0 Å². The molecule has 0 amide bonds. The molecule has 0 aliphatic heterocycles. The minimum absolute atomic E-state index is 0.266. The van der Waals surface area contributed by atoms with E-state index in [-0.39, 0.29) is 4.38 Å². The SMILES string of the molecule is Cc1ccc(N=C([S-])[S-])c(C)c1. The molecule has 0 heterocycles. The average molecular weight is 195 g/mol. The predicted molar refractivity (Wildman–Crippen MR) is 57.7 cm³/mol. The van der Waals surface area contributed by atoms with Gasteiger partial charge < -0.3 is 30.2 Å². The van der Waals surface area contributed by atoms with Gasteiger partial charge in [0.05, 0.1) is 5.69 Å². The fraction of sp³-hybridized carbons (Fsp3) is 0.222. The molecule has 0 saturated heterocycles. The van der Waals surface area contributed by atoms with Gasteiger partial charge in [-0.05, 0) is 25.5 Å². The van der Waals surface area contributed by atoms with Gasteiger partial charge in [-0.2, -0.15) is 0 Å². The third kappa shape index (κ3) is 2.43. The largest absolute Gasteiger partial charge is 0.788 e. The molecule has 0 fully saturated rings. The summed E-state index contributed by atoms with van der Waals surface area (Å²) in [5.41, 5.74) is 3.21. The number of hydrogen-bond acceptors (Lipinski definition) is 3. The number of aliphatic imine (C=N–C) groups is 1. The summed E-state index contributed by atoms with van der Waals surface area (Å²) in [7, 11) is 0. The number of hydrogen-bond donors (Lipinski definition) is 0. The fourth-order valence-corrected chi connectivity index (χ4v) is 1.23. The minimum Gasteiger partial charge on any atom is -0.788 e. The minimum atomic E-state index is 0.266. The molecule has 64 valence electrons. The maximum Gasteiger partial charge on any atom is 0.0616 e. The van der Waals surface area contributed by atoms with Crippen LogP contribution in [0.4, 0.5) is 5.69 Å². The van der Waals surface area contributed by atoms with Crippen LogP contribution in [0.1, 0.15) is 11.1 Å². The van der Waals surface area contributed by atoms with Crippen LogP contribution in [-0.2, 0) is 25.3 Å². The standard InChI is InChI=1S/C9H11NS2/c1-6-3-4-8(7(2)5-6)10-9(11)12/h3-5H,1-2H3,(H2,10,11,12)/p-2. The van der Waals surface area contributed by atoms with Crippen LogP contribution in [0.15, 0.2) is 23.2 Å². The van der Waals surface area contributed by atoms with Gasteiger partial charge in [-0.3, -0.25) is 0 Å². The first kappa shape index (κ1) is 9.42. The third-order valence-corrected chi connectivity index (χ3v) is 1.75. The van der Waals surface area contributed by atoms with Crippen LogP contribution in [0.2, 0.25) is 0 Å². The van der Waals surface area contributed by atoms with Crippen molar-refractivity contribution in [3.8, 4) is 0 Å². The second-order valence-electron chi connectivity index (χ2n) is 2.67. The Morgan fingerprint density at radius 3 is 2.42 bits per heavy atom. The second-order valence-corrected chi connectivity index (χ2v) is 3.70. The molecular weight excluding hydrogens is 186 g/mol. The molecule has 1 rings (SSSR count). The van der Waals surface area contributed by atoms with Crippen molar-refractivity contribution in [2.75, 3.05) is 0 Å². The van der Waals surface area contributed by atoms with E-state index in [9.17, 15) is 0 Å². The first-order valence-corrected chi connectivity index (χ1v) is 4.41. The molecule has 0 unspecified atom stereocenters. The van der Waals surface area contributed by atoms with Gasteiger partial charge in [-0.25, -0.2) is 4.38 Å². The van der Waals surface area contributed by atoms with Gasteiger partial charge in [0.15, 0.2) is 0 Å². The molecular formula is C9H9NS2-2. The monoisotopic (exact) mass is 195 g/mol. The molecule has 12 heavy (non-hydrogen) atoms. The fourth-order valence-electron chi connectivity index (χ4n) is 1.03. The van der Waals surface area contributed by atoms with E-state index >= 15 is 0 Å². The molecule has 0 aliphatic carbocycles. The van der Waals surface area contributed by atoms with Gasteiger partial charge in [0.2, 0.25) is 0 Å². The molecule has 1 aromatic rings. The van der Waals surface area contributed by atoms with Crippen molar-refractivity contribution in [3.63, 3.8) is 0 Å². The Labute approximate surface area is 83.7 Å². The first-order chi connectivity index (χ1) is 5.59. The first-order valence-electron chi connectivity index (χ1n) is 3.59. The van der Waals surface area contributed by atoms with Gasteiger partial charge >= 0.3 is 0 Å². The third-order valence-electron chi connectivity index (χ3n) is 1.56. The van der Waals surface area contributed by atoms with Gasteiger partial charge in [0.25, 0.3) is 0 Å². The summed E-state index contributed by atoms with van der Waals surface area (Å²) in [5, 5.41) is 0. The van der Waals surface area contributed by atoms with Crippen LogP contribution in [0.3, 0.4) is 0 Å². The van der Waals surface area contributed by atoms with Crippen LogP contribution in [0.25, 0.3) is 0 Å². The summed E-state index contributed by atoms with van der Waals surface area (Å²) < 4.78 is 0.266. The number of nitrogens with zero attached hydrogens (tertiary/aromatic N) is 1. The summed E-state index contributed by atoms with van der Waals surface area (Å²) in [5.74, 6) is 0. The van der Waals surface area contributed by atoms with Crippen molar-refractivity contribution in [1.29, 1.82) is 0 Å². The van der Waals surface area contributed by atoms with Gasteiger partial charge in [0.1, 0.15) is 0 Å². The van der Waals surface area contributed by atoms with E-state index in [2.05, 4.69) is 11.1 Å². The summed E-state index contributed by atoms with van der Waals surface area (Å²) in [6.07, 6.45) is 0. The van der Waals surface area contributed by atoms with E-state index < -0.39 is 0 Å². The number of benzene rings is 1. The Kier molecular flexibility index (Phi) is 3.00. The molecule has 0 aromatic heterocycles. The summed E-state index contributed by atoms with van der Waals surface area (Å²) >= 11 is 9.44. The van der Waals surface area contributed by atoms with Crippen molar-refractivity contribution in [2.24, 2.45) is 4.99 Å². The molecule has 3 heteroatoms. The second kappa shape index (κ2) is 3.83. The van der Waals surface area contributed by atoms with E-state index in [0.717, 1.165) is 11.3 Å². The van der Waals surface area contributed by atoms with Gasteiger partial charge in [-0.1, -0.05) is 17.7 Å². The smallest absolute Gasteiger partial charge is 0.0616 e. The zero-order valence-corrected chi connectivity index (χ0v) is 8.63. The van der Waals surface area contributed by atoms with Crippen LogP contribution >= 0.6 is 0 Å². The zero-order chi connectivity index (χ0) is 9.14. The summed E-state index contributed by atoms with van der Waals surface area (Å²) in [4.78, 5) is 4.05. The quantitative estimate of drug-likeness (QED) is 0.387. The predicted octanol–water partition coefficient (Wildman–Crippen LogP) is 2.38. The van der Waals surface area contributed by atoms with Gasteiger partial charge in [-0.15, -0.1) is 0 Å². The van der Waals surface area contributed by atoms with Crippen molar-refractivity contribution >= 4 is 35.3 Å². The molecule has 0 atom stereocenters. The average Bonchev–Trinajstić information content (AvgIpc) is 1.94. The highest BCUT2D eigenvalue weighted by Gasteiger charge is 1.92. The zero-order valence-electron chi connectivity index (χ0n) is 7.00. The lowest BCUT2D eigenvalue weighted by molar-refractivity contribution is 1.35. The Bertz CT molecular complexity index is 314. The molecule has 0 N–H and O–H groups in total. The number of rotatable bonds is 1. The lowest BCUT2D eigenvalue weighted by Gasteiger charge is -2.16. The lowest BCUT2D eigenvalue weighted by Crippen LogP contribution is -1.84. The Morgan fingerprint density at radius 2 is 1.92 bits per heavy atom. The molecule has 0 bridgehead atoms. The molecule has 1 aromatic carbocycles. The topological polar surface area (TPSA) is 12.4 Å². The van der Waals surface area contributed by atoms with Crippen molar-refractivity contribution in [2.45, 2.75) is 13.8 Å². The van der Waals surface area contributed by atoms with E-state index in [1.807, 2.05) is 26.0 Å². The Balaban J connectivity index is 3.10. The molecule has 1 nitrogen and oxygen atoms in total. The number of aryl methyl sites for hydroxylation is 2. The highest BCUT2D eigenvalue weighted by atomic mass is 32.2. The van der Waals surface area contributed by atoms with Crippen LogP contribution < -0.4 is 0 Å². The van der Waals surface area contributed by atoms with E-state index in [1.54, 1.807) is 0 Å². The Morgan fingerprint density at radius 1 is 1.25 bits per heavy atom. The van der Waals surface area contributed by atoms with Crippen LogP contribution in [0.5, 0.6) is 0 Å². The Hall–Kier alpha value is -0.670. The lowest BCUT2D eigenvalue weighted by atomic mass is 10.1. The summed E-state index contributed by atoms with van der Waals surface area (Å²) in [6.45, 7) is 4.04. The molecule has 0 spiro atoms. The van der Waals surface area contributed by atoms with Crippen LogP contribution in [0, 0.1) is 13.8 Å². The highest BCUT2D eigenvalue weighted by Crippen LogP contribution is 2.19. The van der Waals surface area contributed by atoms with Gasteiger partial charge in [0, 0.05) is 0 Å².